The van der Waals surface area contributed by atoms with Crippen LogP contribution in [0.4, 0.5) is 5.69 Å². The van der Waals surface area contributed by atoms with Crippen LogP contribution in [0.3, 0.4) is 0 Å². The van der Waals surface area contributed by atoms with Gasteiger partial charge in [0.05, 0.1) is 18.5 Å². The summed E-state index contributed by atoms with van der Waals surface area (Å²) in [4.78, 5) is 17.8. The topological polar surface area (TPSA) is 51.2 Å². The fourth-order valence-corrected chi connectivity index (χ4v) is 4.61. The van der Waals surface area contributed by atoms with Gasteiger partial charge >= 0.3 is 0 Å². The molecule has 1 N–H and O–H groups in total. The van der Waals surface area contributed by atoms with Gasteiger partial charge in [0.25, 0.3) is 0 Å². The summed E-state index contributed by atoms with van der Waals surface area (Å²) in [6.45, 7) is 0.641. The summed E-state index contributed by atoms with van der Waals surface area (Å²) in [6.07, 6.45) is 27.5. The number of rotatable bonds is 3. The Bertz CT molecular complexity index is 869. The molecule has 0 aromatic carbocycles. The third kappa shape index (κ3) is 5.10. The van der Waals surface area contributed by atoms with E-state index in [1.807, 2.05) is 30.4 Å². The standard InChI is InChI=1S/C26H32N2O2/c29-25(21-15-11-5-2-1-3-6-12-16-21)28-23-19-27-26-22(17-18-30-26)24(23)20-13-9-7-4-8-10-14-20/h4,7-10,13-14,19,21H,1-3,5-6,11-12,15-18H2,(H,28,29)/b7-4-,8-4?,9-7?,10-8-,13-9?,14-10?,20-13?,20-14?. The van der Waals surface area contributed by atoms with Crippen molar-refractivity contribution in [1.29, 1.82) is 0 Å². The summed E-state index contributed by atoms with van der Waals surface area (Å²) < 4.78 is 5.71. The van der Waals surface area contributed by atoms with Crippen LogP contribution in [-0.2, 0) is 11.2 Å². The molecule has 0 bridgehead atoms. The van der Waals surface area contributed by atoms with Crippen molar-refractivity contribution in [2.45, 2.75) is 64.2 Å². The van der Waals surface area contributed by atoms with E-state index in [4.69, 9.17) is 4.74 Å². The first-order valence-electron chi connectivity index (χ1n) is 11.5. The lowest BCUT2D eigenvalue weighted by Gasteiger charge is -2.20. The van der Waals surface area contributed by atoms with Gasteiger partial charge in [-0.15, -0.1) is 0 Å². The maximum absolute atomic E-state index is 13.3. The number of hydrogen-bond donors (Lipinski definition) is 1. The highest BCUT2D eigenvalue weighted by Crippen LogP contribution is 2.37. The highest BCUT2D eigenvalue weighted by Gasteiger charge is 2.25. The van der Waals surface area contributed by atoms with Crippen LogP contribution in [0.15, 0.2) is 48.7 Å². The van der Waals surface area contributed by atoms with Crippen molar-refractivity contribution in [2.75, 3.05) is 11.9 Å². The van der Waals surface area contributed by atoms with Crippen molar-refractivity contribution in [2.24, 2.45) is 5.92 Å². The Morgan fingerprint density at radius 2 is 1.63 bits per heavy atom. The van der Waals surface area contributed by atoms with Crippen LogP contribution in [0.1, 0.15) is 68.9 Å². The summed E-state index contributed by atoms with van der Waals surface area (Å²) in [6, 6.07) is 0. The smallest absolute Gasteiger partial charge is 0.227 e. The van der Waals surface area contributed by atoms with Crippen LogP contribution in [0.2, 0.25) is 0 Å². The summed E-state index contributed by atoms with van der Waals surface area (Å²) in [5.41, 5.74) is 4.01. The zero-order valence-corrected chi connectivity index (χ0v) is 17.7. The predicted molar refractivity (Wildman–Crippen MR) is 123 cm³/mol. The summed E-state index contributed by atoms with van der Waals surface area (Å²) >= 11 is 0. The second-order valence-corrected chi connectivity index (χ2v) is 8.42. The van der Waals surface area contributed by atoms with Gasteiger partial charge < -0.3 is 10.1 Å². The van der Waals surface area contributed by atoms with Gasteiger partial charge in [-0.2, -0.15) is 0 Å². The first kappa shape index (κ1) is 20.6. The van der Waals surface area contributed by atoms with E-state index in [1.165, 1.54) is 32.1 Å². The third-order valence-corrected chi connectivity index (χ3v) is 6.25. The first-order valence-corrected chi connectivity index (χ1v) is 11.5. The molecule has 1 aliphatic heterocycles. The number of carbonyl (C=O) groups excluding carboxylic acids is 1. The molecule has 4 nitrogen and oxygen atoms in total. The molecule has 3 aliphatic rings. The lowest BCUT2D eigenvalue weighted by molar-refractivity contribution is -0.120. The van der Waals surface area contributed by atoms with E-state index in [-0.39, 0.29) is 11.8 Å². The zero-order chi connectivity index (χ0) is 20.6. The lowest BCUT2D eigenvalue weighted by Crippen LogP contribution is -2.24. The monoisotopic (exact) mass is 404 g/mol. The molecule has 2 heterocycles. The molecule has 1 amide bonds. The second-order valence-electron chi connectivity index (χ2n) is 8.42. The van der Waals surface area contributed by atoms with Gasteiger partial charge in [0.2, 0.25) is 11.8 Å². The average molecular weight is 405 g/mol. The van der Waals surface area contributed by atoms with Crippen LogP contribution in [0.25, 0.3) is 5.57 Å². The Morgan fingerprint density at radius 3 is 2.43 bits per heavy atom. The molecule has 4 heteroatoms. The predicted octanol–water partition coefficient (Wildman–Crippen LogP) is 6.16. The van der Waals surface area contributed by atoms with E-state index in [1.54, 1.807) is 6.20 Å². The minimum absolute atomic E-state index is 0.0881. The van der Waals surface area contributed by atoms with Crippen molar-refractivity contribution in [3.63, 3.8) is 0 Å². The Balaban J connectivity index is 1.59. The highest BCUT2D eigenvalue weighted by atomic mass is 16.5. The van der Waals surface area contributed by atoms with Gasteiger partial charge in [0, 0.05) is 23.5 Å². The molecule has 4 rings (SSSR count). The molecule has 0 saturated heterocycles. The molecule has 1 saturated carbocycles. The van der Waals surface area contributed by atoms with Crippen molar-refractivity contribution < 1.29 is 9.53 Å². The van der Waals surface area contributed by atoms with E-state index in [0.29, 0.717) is 12.5 Å². The first-order chi connectivity index (χ1) is 14.8. The minimum Gasteiger partial charge on any atom is -0.477 e. The molecule has 158 valence electrons. The zero-order valence-electron chi connectivity index (χ0n) is 17.7. The molecular weight excluding hydrogens is 372 g/mol. The number of nitrogens with zero attached hydrogens (tertiary/aromatic N) is 1. The largest absolute Gasteiger partial charge is 0.477 e. The Hall–Kier alpha value is -2.62. The summed E-state index contributed by atoms with van der Waals surface area (Å²) in [7, 11) is 0. The number of carbonyl (C=O) groups is 1. The number of aromatic nitrogens is 1. The average Bonchev–Trinajstić information content (AvgIpc) is 3.21. The highest BCUT2D eigenvalue weighted by molar-refractivity contribution is 5.97. The van der Waals surface area contributed by atoms with Crippen LogP contribution >= 0.6 is 0 Å². The number of amides is 1. The van der Waals surface area contributed by atoms with E-state index in [9.17, 15) is 4.79 Å². The number of anilines is 1. The number of allylic oxidation sites excluding steroid dienone is 8. The van der Waals surface area contributed by atoms with Crippen molar-refractivity contribution in [3.8, 4) is 5.88 Å². The van der Waals surface area contributed by atoms with E-state index in [2.05, 4.69) is 22.5 Å². The van der Waals surface area contributed by atoms with Crippen LogP contribution in [0.5, 0.6) is 5.88 Å². The van der Waals surface area contributed by atoms with E-state index in [0.717, 1.165) is 54.5 Å². The van der Waals surface area contributed by atoms with Crippen LogP contribution < -0.4 is 10.1 Å². The van der Waals surface area contributed by atoms with E-state index >= 15 is 0 Å². The Kier molecular flexibility index (Phi) is 7.17. The van der Waals surface area contributed by atoms with Gasteiger partial charge in [0.1, 0.15) is 0 Å². The normalized spacial score (nSPS) is 22.1. The Morgan fingerprint density at radius 1 is 0.933 bits per heavy atom. The van der Waals surface area contributed by atoms with Gasteiger partial charge in [0.15, 0.2) is 0 Å². The molecule has 0 spiro atoms. The van der Waals surface area contributed by atoms with E-state index < -0.39 is 0 Å². The molecule has 1 aromatic heterocycles. The molecule has 0 radical (unpaired) electrons. The third-order valence-electron chi connectivity index (χ3n) is 6.25. The molecule has 2 aliphatic carbocycles. The van der Waals surface area contributed by atoms with Crippen molar-refractivity contribution in [3.05, 3.63) is 59.9 Å². The SMILES string of the molecule is O=C(Nc1cnc2c(c1C1=C/C=C\C=C/C=C1)CCO2)C1CCCCCCCCC1. The lowest BCUT2D eigenvalue weighted by atomic mass is 9.91. The quantitative estimate of drug-likeness (QED) is 0.656. The molecular formula is C26H32N2O2. The van der Waals surface area contributed by atoms with Gasteiger partial charge in [-0.25, -0.2) is 4.98 Å². The summed E-state index contributed by atoms with van der Waals surface area (Å²) in [5.74, 6) is 0.922. The maximum Gasteiger partial charge on any atom is 0.227 e. The van der Waals surface area contributed by atoms with Crippen molar-refractivity contribution in [1.82, 2.24) is 4.98 Å². The molecule has 1 fully saturated rings. The number of hydrogen-bond acceptors (Lipinski definition) is 3. The second kappa shape index (κ2) is 10.4. The van der Waals surface area contributed by atoms with Gasteiger partial charge in [-0.05, 0) is 18.4 Å². The van der Waals surface area contributed by atoms with Gasteiger partial charge in [-0.3, -0.25) is 4.79 Å². The number of nitrogens with one attached hydrogen (secondary N) is 1. The molecule has 0 atom stereocenters. The fourth-order valence-electron chi connectivity index (χ4n) is 4.61. The number of pyridine rings is 1. The molecule has 1 aromatic rings. The number of fused-ring (bicyclic) bond motifs is 1. The van der Waals surface area contributed by atoms with Crippen LogP contribution in [-0.4, -0.2) is 17.5 Å². The fraction of sp³-hybridized carbons (Fsp3) is 0.462. The van der Waals surface area contributed by atoms with Crippen molar-refractivity contribution >= 4 is 17.2 Å². The summed E-state index contributed by atoms with van der Waals surface area (Å²) in [5, 5.41) is 3.25. The number of ether oxygens (including phenoxy) is 1. The molecule has 30 heavy (non-hydrogen) atoms. The van der Waals surface area contributed by atoms with Crippen LogP contribution in [0, 0.1) is 5.92 Å². The Labute approximate surface area is 179 Å². The minimum atomic E-state index is 0.0881. The van der Waals surface area contributed by atoms with Gasteiger partial charge in [-0.1, -0.05) is 87.5 Å². The maximum atomic E-state index is 13.3. The molecule has 0 unspecified atom stereocenters.